The van der Waals surface area contributed by atoms with Gasteiger partial charge in [-0.3, -0.25) is 34.4 Å². The number of carbonyl (C=O) groups is 3. The summed E-state index contributed by atoms with van der Waals surface area (Å²) in [5.74, 6) is 1.21. The number of amides is 3. The molecule has 368 valence electrons. The Morgan fingerprint density at radius 3 is 2.36 bits per heavy atom. The van der Waals surface area contributed by atoms with Crippen molar-refractivity contribution in [1.82, 2.24) is 49.7 Å². The number of benzene rings is 1. The van der Waals surface area contributed by atoms with Gasteiger partial charge in [0, 0.05) is 69.0 Å². The van der Waals surface area contributed by atoms with E-state index in [1.54, 1.807) is 33.9 Å². The summed E-state index contributed by atoms with van der Waals surface area (Å²) in [5.41, 5.74) is 4.35. The lowest BCUT2D eigenvalue weighted by Crippen LogP contribution is -2.53. The molecule has 1 unspecified atom stereocenters. The predicted molar refractivity (Wildman–Crippen MR) is 268 cm³/mol. The molecule has 4 aromatic heterocycles. The summed E-state index contributed by atoms with van der Waals surface area (Å²) >= 11 is 0. The van der Waals surface area contributed by atoms with Crippen molar-refractivity contribution in [3.05, 3.63) is 106 Å². The molecule has 0 radical (unpaired) electrons. The van der Waals surface area contributed by atoms with E-state index in [4.69, 9.17) is 9.97 Å². The lowest BCUT2D eigenvalue weighted by molar-refractivity contribution is -0.134. The first-order valence-electron chi connectivity index (χ1n) is 25.5. The molecule has 3 aliphatic heterocycles. The Labute approximate surface area is 408 Å². The third kappa shape index (κ3) is 10.1. The summed E-state index contributed by atoms with van der Waals surface area (Å²) in [7, 11) is 0. The summed E-state index contributed by atoms with van der Waals surface area (Å²) in [6, 6.07) is 15.9. The van der Waals surface area contributed by atoms with E-state index in [1.165, 1.54) is 63.8 Å². The maximum Gasteiger partial charge on any atom is 0.278 e. The van der Waals surface area contributed by atoms with Crippen molar-refractivity contribution in [3.8, 4) is 5.82 Å². The summed E-state index contributed by atoms with van der Waals surface area (Å²) in [4.78, 5) is 76.2. The minimum absolute atomic E-state index is 0.216. The van der Waals surface area contributed by atoms with Gasteiger partial charge < -0.3 is 25.5 Å². The monoisotopic (exact) mass is 951 g/mol. The van der Waals surface area contributed by atoms with Gasteiger partial charge in [-0.25, -0.2) is 19.3 Å². The zero-order valence-corrected chi connectivity index (χ0v) is 40.3. The second kappa shape index (κ2) is 20.6. The fourth-order valence-corrected chi connectivity index (χ4v) is 11.5. The molecule has 0 bridgehead atoms. The van der Waals surface area contributed by atoms with E-state index in [0.29, 0.717) is 53.8 Å². The van der Waals surface area contributed by atoms with E-state index in [9.17, 15) is 24.3 Å². The number of carbonyl (C=O) groups excluding carboxylic acids is 3. The van der Waals surface area contributed by atoms with Gasteiger partial charge in [-0.2, -0.15) is 4.98 Å². The maximum absolute atomic E-state index is 13.6. The van der Waals surface area contributed by atoms with Gasteiger partial charge in [0.15, 0.2) is 11.5 Å². The van der Waals surface area contributed by atoms with E-state index in [0.717, 1.165) is 74.1 Å². The van der Waals surface area contributed by atoms with Gasteiger partial charge in [-0.05, 0) is 137 Å². The number of rotatable bonds is 15. The fraction of sp³-hybridized carbons (Fsp3) is 0.509. The number of anilines is 3. The Hall–Kier alpha value is -6.30. The number of aromatic nitrogens is 6. The molecule has 1 saturated carbocycles. The highest BCUT2D eigenvalue weighted by atomic mass is 16.3. The minimum atomic E-state index is -0.989. The summed E-state index contributed by atoms with van der Waals surface area (Å²) in [6.07, 6.45) is 17.2. The number of likely N-dealkylation sites (tertiary alicyclic amines) is 1. The van der Waals surface area contributed by atoms with Crippen LogP contribution in [0.4, 0.5) is 17.3 Å². The van der Waals surface area contributed by atoms with Gasteiger partial charge in [0.1, 0.15) is 22.7 Å². The summed E-state index contributed by atoms with van der Waals surface area (Å²) in [5, 5.41) is 20.0. The topological polar surface area (TPSA) is 196 Å². The molecule has 17 heteroatoms. The van der Waals surface area contributed by atoms with Crippen LogP contribution in [0.2, 0.25) is 0 Å². The van der Waals surface area contributed by atoms with Crippen molar-refractivity contribution in [1.29, 1.82) is 0 Å². The molecule has 2 atom stereocenters. The molecule has 4 N–H and O–H groups in total. The number of fused-ring (bicyclic) bond motifs is 2. The number of piperidine rings is 2. The van der Waals surface area contributed by atoms with E-state index in [1.807, 2.05) is 25.1 Å². The highest BCUT2D eigenvalue weighted by Crippen LogP contribution is 2.39. The standard InChI is InChI=1S/C53H66N12O5/c1-3-25-64-51(69)42-33-55-52(60-48(42)65(64)45-19-12-38-21-24-53(70,4-2)47(38)58-45)56-39-13-15-40(16-14-39)62-28-30-63(31-29-62)41-22-26-61(27-23-41)34-37-9-6-35(7-10-37)5-8-36-11-17-43(54-32-36)49(67)57-44-18-20-46(66)59-50(44)68/h3,11-17,19,32-33,35,37,41,44,70H,1,4-10,18,20-31,34H2,2H3,(H,57,67)(H,55,56,60)(H,59,66,68)/t35?,37?,44?,53-/m1/s1. The van der Waals surface area contributed by atoms with Crippen LogP contribution in [0.3, 0.4) is 0 Å². The quantitative estimate of drug-likeness (QED) is 0.0770. The summed E-state index contributed by atoms with van der Waals surface area (Å²) < 4.78 is 3.28. The molecule has 3 saturated heterocycles. The number of aliphatic hydroxyl groups is 1. The largest absolute Gasteiger partial charge is 0.384 e. The van der Waals surface area contributed by atoms with E-state index < -0.39 is 23.5 Å². The number of aryl methyl sites for hydroxylation is 2. The van der Waals surface area contributed by atoms with Crippen molar-refractivity contribution in [3.63, 3.8) is 0 Å². The normalized spacial score (nSPS) is 23.6. The second-order valence-corrected chi connectivity index (χ2v) is 20.2. The van der Waals surface area contributed by atoms with Crippen molar-refractivity contribution >= 4 is 46.1 Å². The smallest absolute Gasteiger partial charge is 0.278 e. The van der Waals surface area contributed by atoms with Gasteiger partial charge in [-0.15, -0.1) is 6.58 Å². The highest BCUT2D eigenvalue weighted by Gasteiger charge is 2.37. The van der Waals surface area contributed by atoms with Crippen molar-refractivity contribution in [2.45, 2.75) is 115 Å². The molecular weight excluding hydrogens is 885 g/mol. The number of hydrogen-bond acceptors (Lipinski definition) is 13. The Balaban J connectivity index is 0.653. The molecule has 0 spiro atoms. The predicted octanol–water partition coefficient (Wildman–Crippen LogP) is 5.41. The molecule has 10 rings (SSSR count). The number of nitrogens with one attached hydrogen (secondary N) is 3. The van der Waals surface area contributed by atoms with Crippen LogP contribution < -0.4 is 26.4 Å². The minimum Gasteiger partial charge on any atom is -0.384 e. The average Bonchev–Trinajstić information content (AvgIpc) is 3.87. The number of hydrogen-bond donors (Lipinski definition) is 4. The highest BCUT2D eigenvalue weighted by molar-refractivity contribution is 6.03. The van der Waals surface area contributed by atoms with Crippen LogP contribution in [0.25, 0.3) is 16.9 Å². The Morgan fingerprint density at radius 1 is 0.871 bits per heavy atom. The van der Waals surface area contributed by atoms with Crippen LogP contribution in [0.1, 0.15) is 105 Å². The van der Waals surface area contributed by atoms with Gasteiger partial charge >= 0.3 is 0 Å². The third-order valence-corrected chi connectivity index (χ3v) is 15.8. The molecule has 7 heterocycles. The number of imide groups is 1. The first-order chi connectivity index (χ1) is 34.0. The third-order valence-electron chi connectivity index (χ3n) is 15.8. The number of nitrogens with zero attached hydrogens (tertiary/aromatic N) is 9. The van der Waals surface area contributed by atoms with E-state index in [-0.39, 0.29) is 30.1 Å². The molecule has 17 nitrogen and oxygen atoms in total. The van der Waals surface area contributed by atoms with Crippen LogP contribution in [-0.2, 0) is 34.6 Å². The number of pyridine rings is 2. The van der Waals surface area contributed by atoms with Gasteiger partial charge in [0.05, 0.1) is 12.2 Å². The van der Waals surface area contributed by atoms with E-state index in [2.05, 4.69) is 71.5 Å². The van der Waals surface area contributed by atoms with Crippen molar-refractivity contribution in [2.24, 2.45) is 11.8 Å². The second-order valence-electron chi connectivity index (χ2n) is 20.2. The zero-order chi connectivity index (χ0) is 48.4. The van der Waals surface area contributed by atoms with Crippen LogP contribution in [0, 0.1) is 11.8 Å². The molecular formula is C53H66N12O5. The van der Waals surface area contributed by atoms with Crippen molar-refractivity contribution in [2.75, 3.05) is 56.0 Å². The Morgan fingerprint density at radius 2 is 1.64 bits per heavy atom. The molecule has 4 fully saturated rings. The lowest BCUT2D eigenvalue weighted by atomic mass is 9.79. The lowest BCUT2D eigenvalue weighted by Gasteiger charge is -2.44. The maximum atomic E-state index is 13.6. The van der Waals surface area contributed by atoms with Crippen LogP contribution in [-0.4, -0.2) is 120 Å². The van der Waals surface area contributed by atoms with Crippen LogP contribution in [0.5, 0.6) is 0 Å². The van der Waals surface area contributed by atoms with Gasteiger partial charge in [0.25, 0.3) is 11.5 Å². The SMILES string of the molecule is C=CCn1c(=O)c2cnc(Nc3ccc(N4CCN(C5CCN(CC6CCC(CCc7ccc(C(=O)NC8CCC(=O)NC8=O)nc7)CC6)CC5)CC4)cc3)nc2n1-c1ccc2c(n1)[C@@](O)(CC)CC2. The Bertz CT molecular complexity index is 2770. The van der Waals surface area contributed by atoms with E-state index >= 15 is 0 Å². The van der Waals surface area contributed by atoms with Gasteiger partial charge in [0.2, 0.25) is 17.8 Å². The summed E-state index contributed by atoms with van der Waals surface area (Å²) in [6.45, 7) is 13.8. The fourth-order valence-electron chi connectivity index (χ4n) is 11.5. The molecule has 5 aliphatic rings. The first kappa shape index (κ1) is 47.4. The molecule has 2 aliphatic carbocycles. The van der Waals surface area contributed by atoms with Crippen molar-refractivity contribution < 1.29 is 19.5 Å². The first-order valence-corrected chi connectivity index (χ1v) is 25.5. The molecule has 3 amide bonds. The van der Waals surface area contributed by atoms with Gasteiger partial charge in [-0.1, -0.05) is 38.0 Å². The average molecular weight is 951 g/mol. The Kier molecular flexibility index (Phi) is 13.9. The molecule has 70 heavy (non-hydrogen) atoms. The zero-order valence-electron chi connectivity index (χ0n) is 40.3. The number of allylic oxidation sites excluding steroid dienone is 1. The molecule has 1 aromatic carbocycles. The van der Waals surface area contributed by atoms with Crippen LogP contribution in [0.15, 0.2) is 78.4 Å². The number of piperazine rings is 1. The van der Waals surface area contributed by atoms with Crippen LogP contribution >= 0.6 is 0 Å². The molecule has 5 aromatic rings.